The number of piperidine rings is 1. The maximum Gasteiger partial charge on any atom is 0.345 e. The number of rotatable bonds is 5. The molecule has 3 fully saturated rings. The molecule has 0 spiro atoms. The number of cyclic esters (lactones) is 1. The predicted molar refractivity (Wildman–Crippen MR) is 162 cm³/mol. The Bertz CT molecular complexity index is 1360. The average Bonchev–Trinajstić information content (AvgIpc) is 3.64. The van der Waals surface area contributed by atoms with Crippen molar-refractivity contribution in [2.24, 2.45) is 35.5 Å². The number of hydrogen-bond donors (Lipinski definition) is 2. The van der Waals surface area contributed by atoms with Crippen molar-refractivity contribution in [1.29, 1.82) is 0 Å². The average molecular weight is 588 g/mol. The molecule has 2 saturated heterocycles. The van der Waals surface area contributed by atoms with E-state index >= 15 is 0 Å². The number of nitrogens with zero attached hydrogens (tertiary/aromatic N) is 1. The smallest absolute Gasteiger partial charge is 0.345 e. The summed E-state index contributed by atoms with van der Waals surface area (Å²) in [7, 11) is 1.49. The molecule has 4 aliphatic heterocycles. The van der Waals surface area contributed by atoms with Crippen molar-refractivity contribution in [2.75, 3.05) is 20.3 Å². The molecule has 43 heavy (non-hydrogen) atoms. The molecule has 1 saturated carbocycles. The first kappa shape index (κ1) is 28.9. The van der Waals surface area contributed by atoms with Gasteiger partial charge in [0.15, 0.2) is 11.5 Å². The maximum atomic E-state index is 12.6. The van der Waals surface area contributed by atoms with E-state index < -0.39 is 18.7 Å². The summed E-state index contributed by atoms with van der Waals surface area (Å²) in [6.07, 6.45) is 12.6. The van der Waals surface area contributed by atoms with Crippen molar-refractivity contribution in [3.05, 3.63) is 82.7 Å². The molecule has 0 amide bonds. The first-order valence-corrected chi connectivity index (χ1v) is 16.3. The Hall–Kier alpha value is -2.87. The van der Waals surface area contributed by atoms with E-state index in [1.54, 1.807) is 0 Å². The molecule has 7 rings (SSSR count). The summed E-state index contributed by atoms with van der Waals surface area (Å²) in [6, 6.07) is 11.2. The van der Waals surface area contributed by atoms with Gasteiger partial charge in [0, 0.05) is 36.4 Å². The van der Waals surface area contributed by atoms with Gasteiger partial charge < -0.3 is 24.4 Å². The van der Waals surface area contributed by atoms with Crippen LogP contribution in [0.1, 0.15) is 63.9 Å². The number of ether oxygens (including phenoxy) is 3. The van der Waals surface area contributed by atoms with Crippen LogP contribution in [-0.2, 0) is 19.0 Å². The van der Waals surface area contributed by atoms with Gasteiger partial charge in [-0.05, 0) is 73.8 Å². The van der Waals surface area contributed by atoms with Gasteiger partial charge in [-0.25, -0.2) is 4.79 Å². The molecule has 2 aliphatic carbocycles. The minimum absolute atomic E-state index is 0.0634. The van der Waals surface area contributed by atoms with E-state index in [9.17, 15) is 15.0 Å². The normalized spacial score (nSPS) is 39.8. The van der Waals surface area contributed by atoms with Gasteiger partial charge in [-0.15, -0.1) is 0 Å². The molecular weight excluding hydrogens is 542 g/mol. The van der Waals surface area contributed by atoms with Crippen molar-refractivity contribution in [3.63, 3.8) is 0 Å². The number of fused-ring (bicyclic) bond motifs is 4. The molecule has 0 unspecified atom stereocenters. The summed E-state index contributed by atoms with van der Waals surface area (Å²) >= 11 is 0. The molecule has 0 aromatic heterocycles. The lowest BCUT2D eigenvalue weighted by molar-refractivity contribution is -0.133. The topological polar surface area (TPSA) is 88.5 Å². The van der Waals surface area contributed by atoms with E-state index in [4.69, 9.17) is 14.2 Å². The second kappa shape index (κ2) is 11.6. The summed E-state index contributed by atoms with van der Waals surface area (Å²) in [4.78, 5) is 15.2. The molecule has 1 aromatic rings. The van der Waals surface area contributed by atoms with Gasteiger partial charge in [-0.2, -0.15) is 0 Å². The van der Waals surface area contributed by atoms with Crippen LogP contribution >= 0.6 is 0 Å². The first-order valence-electron chi connectivity index (χ1n) is 16.3. The van der Waals surface area contributed by atoms with Crippen LogP contribution in [0.2, 0.25) is 0 Å². The SMILES string of the molecule is COC1=C(CO)C(=O)OC1=C1OC2=CCCN3[C@@H]([C@@H](O)[C@@H]4C=CC[C@H](C)C4)[C@@H]4CC[C@H](c5ccccc5)[C@H]4C[C@@H]3[C@H]2[C@@H]1C. The van der Waals surface area contributed by atoms with Crippen LogP contribution < -0.4 is 0 Å². The monoisotopic (exact) mass is 587 g/mol. The van der Waals surface area contributed by atoms with Gasteiger partial charge in [-0.3, -0.25) is 4.90 Å². The minimum atomic E-state index is -0.588. The lowest BCUT2D eigenvalue weighted by Crippen LogP contribution is -2.61. The van der Waals surface area contributed by atoms with Crippen LogP contribution in [0.15, 0.2) is 77.2 Å². The highest BCUT2D eigenvalue weighted by Gasteiger charge is 2.57. The molecular formula is C36H45NO6. The van der Waals surface area contributed by atoms with Gasteiger partial charge in [0.1, 0.15) is 11.3 Å². The minimum Gasteiger partial charge on any atom is -0.492 e. The molecule has 230 valence electrons. The van der Waals surface area contributed by atoms with Crippen molar-refractivity contribution in [2.45, 2.75) is 76.5 Å². The van der Waals surface area contributed by atoms with Gasteiger partial charge >= 0.3 is 5.97 Å². The van der Waals surface area contributed by atoms with Crippen molar-refractivity contribution >= 4 is 5.97 Å². The Morgan fingerprint density at radius 1 is 1.09 bits per heavy atom. The maximum absolute atomic E-state index is 12.6. The third-order valence-corrected chi connectivity index (χ3v) is 11.4. The zero-order valence-electron chi connectivity index (χ0n) is 25.5. The standard InChI is InChI=1S/C36H45NO6/c1-20-9-7-12-23(17-20)32(39)31-25-15-14-24(22-10-5-4-6-11-22)26(25)18-28-30-21(2)33(42-29(30)13-8-16-37(28)31)35-34(41-3)27(19-38)36(40)43-35/h4-7,10-13,20-21,23-26,28,30-32,38-39H,8-9,14-19H2,1-3H3/t20-,21-,23+,24+,25+,26+,28+,30+,31+,32-/m0/s1. The molecule has 1 aromatic carbocycles. The third kappa shape index (κ3) is 4.79. The van der Waals surface area contributed by atoms with Crippen LogP contribution in [0.3, 0.4) is 0 Å². The number of hydrogen-bond acceptors (Lipinski definition) is 7. The summed E-state index contributed by atoms with van der Waals surface area (Å²) in [6.45, 7) is 4.90. The zero-order chi connectivity index (χ0) is 29.8. The summed E-state index contributed by atoms with van der Waals surface area (Å²) in [5.74, 6) is 3.61. The largest absolute Gasteiger partial charge is 0.492 e. The summed E-state index contributed by atoms with van der Waals surface area (Å²) < 4.78 is 17.8. The van der Waals surface area contributed by atoms with Gasteiger partial charge in [0.25, 0.3) is 0 Å². The van der Waals surface area contributed by atoms with Crippen LogP contribution in [0.5, 0.6) is 0 Å². The summed E-state index contributed by atoms with van der Waals surface area (Å²) in [5, 5.41) is 22.1. The lowest BCUT2D eigenvalue weighted by Gasteiger charge is -2.53. The fourth-order valence-electron chi connectivity index (χ4n) is 9.56. The van der Waals surface area contributed by atoms with Crippen LogP contribution in [0.25, 0.3) is 0 Å². The second-order valence-corrected chi connectivity index (χ2v) is 13.7. The van der Waals surface area contributed by atoms with Crippen LogP contribution in [0.4, 0.5) is 0 Å². The number of carbonyl (C=O) groups excluding carboxylic acids is 1. The van der Waals surface area contributed by atoms with Crippen molar-refractivity contribution in [1.82, 2.24) is 4.90 Å². The highest BCUT2D eigenvalue weighted by Crippen LogP contribution is 2.57. The zero-order valence-corrected chi connectivity index (χ0v) is 25.5. The van der Waals surface area contributed by atoms with Crippen molar-refractivity contribution < 1.29 is 29.2 Å². The molecule has 4 heterocycles. The lowest BCUT2D eigenvalue weighted by atomic mass is 9.67. The van der Waals surface area contributed by atoms with E-state index in [0.29, 0.717) is 35.2 Å². The van der Waals surface area contributed by atoms with E-state index in [2.05, 4.69) is 67.3 Å². The Kier molecular flexibility index (Phi) is 7.77. The van der Waals surface area contributed by atoms with E-state index in [1.807, 2.05) is 0 Å². The Balaban J connectivity index is 1.28. The third-order valence-electron chi connectivity index (χ3n) is 11.4. The molecule has 7 nitrogen and oxygen atoms in total. The molecule has 0 radical (unpaired) electrons. The fourth-order valence-corrected chi connectivity index (χ4v) is 9.56. The van der Waals surface area contributed by atoms with Crippen LogP contribution in [0, 0.1) is 35.5 Å². The van der Waals surface area contributed by atoms with Gasteiger partial charge in [-0.1, -0.05) is 56.3 Å². The number of methoxy groups -OCH3 is 1. The predicted octanol–water partition coefficient (Wildman–Crippen LogP) is 5.43. The highest BCUT2D eigenvalue weighted by molar-refractivity contribution is 5.94. The Labute approximate surface area is 254 Å². The molecule has 10 atom stereocenters. The van der Waals surface area contributed by atoms with Gasteiger partial charge in [0.05, 0.1) is 19.8 Å². The Morgan fingerprint density at radius 2 is 1.91 bits per heavy atom. The van der Waals surface area contributed by atoms with E-state index in [-0.39, 0.29) is 41.2 Å². The molecule has 7 heteroatoms. The highest BCUT2D eigenvalue weighted by atomic mass is 16.6. The van der Waals surface area contributed by atoms with Crippen molar-refractivity contribution in [3.8, 4) is 0 Å². The Morgan fingerprint density at radius 3 is 2.65 bits per heavy atom. The first-order chi connectivity index (χ1) is 20.9. The van der Waals surface area contributed by atoms with E-state index in [0.717, 1.165) is 50.8 Å². The van der Waals surface area contributed by atoms with E-state index in [1.165, 1.54) is 12.7 Å². The fraction of sp³-hybridized carbons (Fsp3) is 0.583. The number of benzene rings is 1. The van der Waals surface area contributed by atoms with Crippen LogP contribution in [-0.4, -0.2) is 59.5 Å². The number of aliphatic hydroxyl groups is 2. The quantitative estimate of drug-likeness (QED) is 0.351. The number of esters is 1. The second-order valence-electron chi connectivity index (χ2n) is 13.7. The molecule has 2 N–H and O–H groups in total. The van der Waals surface area contributed by atoms with Gasteiger partial charge in [0.2, 0.25) is 5.76 Å². The number of carbonyl (C=O) groups is 1. The summed E-state index contributed by atoms with van der Waals surface area (Å²) in [5.41, 5.74) is 1.54. The molecule has 6 aliphatic rings. The number of allylic oxidation sites excluding steroid dienone is 2. The molecule has 0 bridgehead atoms. The number of aliphatic hydroxyl groups excluding tert-OH is 2.